The van der Waals surface area contributed by atoms with E-state index < -0.39 is 17.7 Å². The number of esters is 1. The highest BCUT2D eigenvalue weighted by Crippen LogP contribution is 2.12. The van der Waals surface area contributed by atoms with Crippen LogP contribution >= 0.6 is 0 Å². The lowest BCUT2D eigenvalue weighted by atomic mass is 10.1. The Morgan fingerprint density at radius 2 is 1.72 bits per heavy atom. The van der Waals surface area contributed by atoms with Gasteiger partial charge in [-0.1, -0.05) is 17.3 Å². The maximum Gasteiger partial charge on any atom is 0.410 e. The molecule has 0 bridgehead atoms. The van der Waals surface area contributed by atoms with Gasteiger partial charge in [-0.15, -0.1) is 0 Å². The second kappa shape index (κ2) is 9.05. The van der Waals surface area contributed by atoms with Gasteiger partial charge in [0.15, 0.2) is 0 Å². The zero-order valence-corrected chi connectivity index (χ0v) is 15.4. The normalized spacial score (nSPS) is 11.8. The molecule has 0 aliphatic heterocycles. The summed E-state index contributed by atoms with van der Waals surface area (Å²) in [6, 6.07) is 6.57. The van der Waals surface area contributed by atoms with Crippen LogP contribution in [0.15, 0.2) is 29.4 Å². The van der Waals surface area contributed by atoms with Crippen LogP contribution in [0.25, 0.3) is 0 Å². The van der Waals surface area contributed by atoms with E-state index in [2.05, 4.69) is 5.16 Å². The van der Waals surface area contributed by atoms with E-state index >= 15 is 0 Å². The number of hydrogen-bond donors (Lipinski definition) is 1. The quantitative estimate of drug-likeness (QED) is 0.368. The summed E-state index contributed by atoms with van der Waals surface area (Å²) in [5.41, 5.74) is 0.926. The molecule has 0 unspecified atom stereocenters. The molecule has 0 aliphatic rings. The van der Waals surface area contributed by atoms with Crippen molar-refractivity contribution in [3.05, 3.63) is 35.4 Å². The summed E-state index contributed by atoms with van der Waals surface area (Å²) in [6.45, 7) is 7.76. The van der Waals surface area contributed by atoms with E-state index in [1.807, 2.05) is 0 Å². The Hall–Kier alpha value is -2.57. The number of carbonyl (C=O) groups excluding carboxylic acids is 2. The number of hydrogen-bond acceptors (Lipinski definition) is 6. The molecule has 1 N–H and O–H groups in total. The zero-order chi connectivity index (χ0) is 19.0. The molecule has 0 spiro atoms. The molecule has 0 heterocycles. The van der Waals surface area contributed by atoms with Gasteiger partial charge in [0.25, 0.3) is 0 Å². The predicted octanol–water partition coefficient (Wildman–Crippen LogP) is 3.30. The van der Waals surface area contributed by atoms with Gasteiger partial charge in [0.1, 0.15) is 5.60 Å². The van der Waals surface area contributed by atoms with Crippen molar-refractivity contribution < 1.29 is 24.3 Å². The van der Waals surface area contributed by atoms with Gasteiger partial charge in [-0.2, -0.15) is 0 Å². The van der Waals surface area contributed by atoms with E-state index in [0.29, 0.717) is 36.4 Å². The van der Waals surface area contributed by atoms with Crippen molar-refractivity contribution in [3.63, 3.8) is 0 Å². The van der Waals surface area contributed by atoms with Gasteiger partial charge in [0.2, 0.25) is 0 Å². The van der Waals surface area contributed by atoms with Crippen LogP contribution < -0.4 is 0 Å². The number of rotatable bonds is 6. The summed E-state index contributed by atoms with van der Waals surface area (Å²) in [6.07, 6.45) is -0.104. The van der Waals surface area contributed by atoms with Gasteiger partial charge in [-0.05, 0) is 45.4 Å². The molecule has 0 fully saturated rings. The van der Waals surface area contributed by atoms with Crippen molar-refractivity contribution in [1.82, 2.24) is 4.90 Å². The Kier molecular flexibility index (Phi) is 7.42. The SMILES string of the molecule is CCOC(=O)c1ccc(C(CCN(C)C(=O)OC(C)(C)C)=NO)cc1. The van der Waals surface area contributed by atoms with Crippen LogP contribution in [0, 0.1) is 0 Å². The van der Waals surface area contributed by atoms with Gasteiger partial charge in [-0.3, -0.25) is 0 Å². The molecule has 0 radical (unpaired) electrons. The Morgan fingerprint density at radius 1 is 1.16 bits per heavy atom. The van der Waals surface area contributed by atoms with E-state index in [4.69, 9.17) is 9.47 Å². The average Bonchev–Trinajstić information content (AvgIpc) is 2.54. The lowest BCUT2D eigenvalue weighted by Gasteiger charge is -2.24. The second-order valence-corrected chi connectivity index (χ2v) is 6.50. The van der Waals surface area contributed by atoms with Crippen molar-refractivity contribution in [2.45, 2.75) is 39.7 Å². The topological polar surface area (TPSA) is 88.4 Å². The molecule has 0 aliphatic carbocycles. The number of amides is 1. The van der Waals surface area contributed by atoms with Crippen LogP contribution in [0.1, 0.15) is 50.0 Å². The molecule has 0 atom stereocenters. The largest absolute Gasteiger partial charge is 0.462 e. The summed E-state index contributed by atoms with van der Waals surface area (Å²) in [4.78, 5) is 25.0. The van der Waals surface area contributed by atoms with Crippen molar-refractivity contribution in [1.29, 1.82) is 0 Å². The van der Waals surface area contributed by atoms with Crippen LogP contribution in [0.5, 0.6) is 0 Å². The van der Waals surface area contributed by atoms with E-state index in [1.54, 1.807) is 59.0 Å². The van der Waals surface area contributed by atoms with E-state index in [0.717, 1.165) is 0 Å². The van der Waals surface area contributed by atoms with Gasteiger partial charge in [-0.25, -0.2) is 9.59 Å². The van der Waals surface area contributed by atoms with Crippen molar-refractivity contribution in [3.8, 4) is 0 Å². The first kappa shape index (κ1) is 20.5. The lowest BCUT2D eigenvalue weighted by molar-refractivity contribution is 0.0302. The summed E-state index contributed by atoms with van der Waals surface area (Å²) in [5, 5.41) is 12.5. The molecule has 1 rings (SSSR count). The monoisotopic (exact) mass is 350 g/mol. The van der Waals surface area contributed by atoms with Crippen LogP contribution in [0.3, 0.4) is 0 Å². The molecule has 1 aromatic carbocycles. The zero-order valence-electron chi connectivity index (χ0n) is 15.4. The van der Waals surface area contributed by atoms with Crippen LogP contribution in [-0.4, -0.2) is 53.7 Å². The highest BCUT2D eigenvalue weighted by atomic mass is 16.6. The number of ether oxygens (including phenoxy) is 2. The maximum atomic E-state index is 11.9. The van der Waals surface area contributed by atoms with Crippen molar-refractivity contribution in [2.75, 3.05) is 20.2 Å². The van der Waals surface area contributed by atoms with E-state index in [1.165, 1.54) is 4.90 Å². The van der Waals surface area contributed by atoms with Gasteiger partial charge < -0.3 is 19.6 Å². The smallest absolute Gasteiger partial charge is 0.410 e. The lowest BCUT2D eigenvalue weighted by Crippen LogP contribution is -2.35. The minimum Gasteiger partial charge on any atom is -0.462 e. The van der Waals surface area contributed by atoms with Crippen LogP contribution in [0.2, 0.25) is 0 Å². The molecule has 0 saturated heterocycles. The van der Waals surface area contributed by atoms with Gasteiger partial charge >= 0.3 is 12.1 Å². The average molecular weight is 350 g/mol. The second-order valence-electron chi connectivity index (χ2n) is 6.50. The number of benzene rings is 1. The standard InChI is InChI=1S/C18H26N2O5/c1-6-24-16(21)14-9-7-13(8-10-14)15(19-23)11-12-20(5)17(22)25-18(2,3)4/h7-10,23H,6,11-12H2,1-5H3. The van der Waals surface area contributed by atoms with E-state index in [-0.39, 0.29) is 0 Å². The third kappa shape index (κ3) is 6.82. The fraction of sp³-hybridized carbons (Fsp3) is 0.500. The number of nitrogens with zero attached hydrogens (tertiary/aromatic N) is 2. The van der Waals surface area contributed by atoms with E-state index in [9.17, 15) is 14.8 Å². The molecule has 7 nitrogen and oxygen atoms in total. The fourth-order valence-electron chi connectivity index (χ4n) is 1.97. The first-order chi connectivity index (χ1) is 11.7. The molecule has 138 valence electrons. The molecule has 0 saturated carbocycles. The number of carbonyl (C=O) groups is 2. The maximum absolute atomic E-state index is 11.9. The Balaban J connectivity index is 2.68. The molecule has 0 aromatic heterocycles. The van der Waals surface area contributed by atoms with Crippen LogP contribution in [0.4, 0.5) is 4.79 Å². The minimum absolute atomic E-state index is 0.306. The predicted molar refractivity (Wildman–Crippen MR) is 94.2 cm³/mol. The first-order valence-corrected chi connectivity index (χ1v) is 8.10. The van der Waals surface area contributed by atoms with Crippen molar-refractivity contribution >= 4 is 17.8 Å². The molecule has 1 amide bonds. The first-order valence-electron chi connectivity index (χ1n) is 8.10. The third-order valence-corrected chi connectivity index (χ3v) is 3.24. The van der Waals surface area contributed by atoms with Gasteiger partial charge in [0.05, 0.1) is 17.9 Å². The van der Waals surface area contributed by atoms with Crippen LogP contribution in [-0.2, 0) is 9.47 Å². The summed E-state index contributed by atoms with van der Waals surface area (Å²) in [5.74, 6) is -0.402. The Morgan fingerprint density at radius 3 is 2.20 bits per heavy atom. The summed E-state index contributed by atoms with van der Waals surface area (Å²) in [7, 11) is 1.62. The third-order valence-electron chi connectivity index (χ3n) is 3.24. The Bertz CT molecular complexity index is 617. The molecule has 1 aromatic rings. The minimum atomic E-state index is -0.567. The Labute approximate surface area is 148 Å². The fourth-order valence-corrected chi connectivity index (χ4v) is 1.97. The summed E-state index contributed by atoms with van der Waals surface area (Å²) < 4.78 is 10.2. The molecular formula is C18H26N2O5. The molecular weight excluding hydrogens is 324 g/mol. The van der Waals surface area contributed by atoms with Crippen molar-refractivity contribution in [2.24, 2.45) is 5.16 Å². The highest BCUT2D eigenvalue weighted by molar-refractivity contribution is 6.01. The summed E-state index contributed by atoms with van der Waals surface area (Å²) >= 11 is 0. The van der Waals surface area contributed by atoms with Gasteiger partial charge in [0, 0.05) is 20.0 Å². The molecule has 25 heavy (non-hydrogen) atoms. The number of oxime groups is 1. The molecule has 7 heteroatoms. The highest BCUT2D eigenvalue weighted by Gasteiger charge is 2.20.